The number of para-hydroxylation sites is 1. The smallest absolute Gasteiger partial charge is 0.307 e. The zero-order valence-electron chi connectivity index (χ0n) is 14.4. The predicted molar refractivity (Wildman–Crippen MR) is 93.0 cm³/mol. The van der Waals surface area contributed by atoms with E-state index in [4.69, 9.17) is 9.47 Å². The Kier molecular flexibility index (Phi) is 5.51. The number of hydrogen-bond donors (Lipinski definition) is 1. The highest BCUT2D eigenvalue weighted by molar-refractivity contribution is 5.81. The molecule has 1 aliphatic heterocycles. The Bertz CT molecular complexity index is 791. The maximum absolute atomic E-state index is 13.2. The summed E-state index contributed by atoms with van der Waals surface area (Å²) in [6.07, 6.45) is 0.536. The molecule has 0 saturated heterocycles. The molecule has 0 spiro atoms. The number of amides is 1. The molecular weight excluding hydrogens is 337 g/mol. The number of carbonyl (C=O) groups excluding carboxylic acids is 2. The van der Waals surface area contributed by atoms with Gasteiger partial charge in [-0.15, -0.1) is 0 Å². The zero-order chi connectivity index (χ0) is 18.5. The van der Waals surface area contributed by atoms with Crippen LogP contribution in [0.5, 0.6) is 5.75 Å². The molecule has 26 heavy (non-hydrogen) atoms. The lowest BCUT2D eigenvalue weighted by Crippen LogP contribution is -2.40. The van der Waals surface area contributed by atoms with Gasteiger partial charge in [0.1, 0.15) is 18.2 Å². The van der Waals surface area contributed by atoms with Gasteiger partial charge in [0, 0.05) is 0 Å². The summed E-state index contributed by atoms with van der Waals surface area (Å²) >= 11 is 0. The number of esters is 1. The minimum absolute atomic E-state index is 0.0297. The Labute approximate surface area is 151 Å². The molecule has 5 nitrogen and oxygen atoms in total. The summed E-state index contributed by atoms with van der Waals surface area (Å²) in [6.45, 7) is 0.275. The number of nitrogens with one attached hydrogen (secondary N) is 1. The van der Waals surface area contributed by atoms with Crippen LogP contribution in [0.15, 0.2) is 48.5 Å². The summed E-state index contributed by atoms with van der Waals surface area (Å²) < 4.78 is 23.5. The molecule has 136 valence electrons. The lowest BCUT2D eigenvalue weighted by Gasteiger charge is -2.27. The third kappa shape index (κ3) is 4.20. The third-order valence-electron chi connectivity index (χ3n) is 4.44. The van der Waals surface area contributed by atoms with Crippen molar-refractivity contribution in [1.29, 1.82) is 0 Å². The van der Waals surface area contributed by atoms with E-state index < -0.39 is 12.0 Å². The largest absolute Gasteiger partial charge is 0.492 e. The van der Waals surface area contributed by atoms with Crippen LogP contribution in [-0.2, 0) is 20.7 Å². The molecule has 6 heteroatoms. The Morgan fingerprint density at radius 3 is 2.69 bits per heavy atom. The average molecular weight is 357 g/mol. The van der Waals surface area contributed by atoms with E-state index in [1.54, 1.807) is 12.1 Å². The zero-order valence-corrected chi connectivity index (χ0v) is 14.4. The van der Waals surface area contributed by atoms with E-state index >= 15 is 0 Å². The molecular formula is C20H20FNO4. The van der Waals surface area contributed by atoms with Gasteiger partial charge in [0.15, 0.2) is 0 Å². The summed E-state index contributed by atoms with van der Waals surface area (Å²) in [6, 6.07) is 12.7. The lowest BCUT2D eigenvalue weighted by atomic mass is 9.95. The van der Waals surface area contributed by atoms with Crippen molar-refractivity contribution in [2.24, 2.45) is 5.92 Å². The molecule has 0 radical (unpaired) electrons. The number of halogens is 1. The standard InChI is InChI=1S/C20H20FNO4/c1-25-19(23)11-17(13-6-8-16(21)9-7-13)22-20(24)15-10-14-4-2-3-5-18(14)26-12-15/h2-9,15,17H,10-12H2,1H3,(H,22,24). The maximum atomic E-state index is 13.2. The van der Waals surface area contributed by atoms with Gasteiger partial charge in [0.05, 0.1) is 25.5 Å². The van der Waals surface area contributed by atoms with E-state index in [-0.39, 0.29) is 30.7 Å². The number of carbonyl (C=O) groups is 2. The molecule has 1 amide bonds. The van der Waals surface area contributed by atoms with Crippen molar-refractivity contribution in [3.8, 4) is 5.75 Å². The van der Waals surface area contributed by atoms with Gasteiger partial charge >= 0.3 is 5.97 Å². The van der Waals surface area contributed by atoms with Crippen molar-refractivity contribution < 1.29 is 23.5 Å². The first-order valence-electron chi connectivity index (χ1n) is 8.40. The summed E-state index contributed by atoms with van der Waals surface area (Å²) in [4.78, 5) is 24.4. The van der Waals surface area contributed by atoms with Crippen LogP contribution in [0.1, 0.15) is 23.6 Å². The normalized spacial score (nSPS) is 16.8. The second-order valence-electron chi connectivity index (χ2n) is 6.21. The average Bonchev–Trinajstić information content (AvgIpc) is 2.67. The van der Waals surface area contributed by atoms with Gasteiger partial charge in [-0.05, 0) is 35.7 Å². The highest BCUT2D eigenvalue weighted by atomic mass is 19.1. The van der Waals surface area contributed by atoms with Crippen molar-refractivity contribution in [2.45, 2.75) is 18.9 Å². The number of methoxy groups -OCH3 is 1. The SMILES string of the molecule is COC(=O)CC(NC(=O)C1COc2ccccc2C1)c1ccc(F)cc1. The number of fused-ring (bicyclic) bond motifs is 1. The van der Waals surface area contributed by atoms with Gasteiger partial charge in [-0.1, -0.05) is 30.3 Å². The maximum Gasteiger partial charge on any atom is 0.307 e. The van der Waals surface area contributed by atoms with Crippen molar-refractivity contribution in [2.75, 3.05) is 13.7 Å². The van der Waals surface area contributed by atoms with Crippen molar-refractivity contribution >= 4 is 11.9 Å². The fourth-order valence-electron chi connectivity index (χ4n) is 2.98. The molecule has 2 unspecified atom stereocenters. The monoisotopic (exact) mass is 357 g/mol. The number of benzene rings is 2. The van der Waals surface area contributed by atoms with Gasteiger partial charge in [0.2, 0.25) is 5.91 Å². The van der Waals surface area contributed by atoms with Gasteiger partial charge in [-0.2, -0.15) is 0 Å². The van der Waals surface area contributed by atoms with Crippen LogP contribution in [0.25, 0.3) is 0 Å². The second-order valence-corrected chi connectivity index (χ2v) is 6.21. The highest BCUT2D eigenvalue weighted by Gasteiger charge is 2.28. The fourth-order valence-corrected chi connectivity index (χ4v) is 2.98. The lowest BCUT2D eigenvalue weighted by molar-refractivity contribution is -0.141. The minimum atomic E-state index is -0.590. The van der Waals surface area contributed by atoms with Crippen LogP contribution < -0.4 is 10.1 Å². The van der Waals surface area contributed by atoms with E-state index in [2.05, 4.69) is 5.32 Å². The van der Waals surface area contributed by atoms with E-state index in [1.165, 1.54) is 19.2 Å². The number of hydrogen-bond acceptors (Lipinski definition) is 4. The van der Waals surface area contributed by atoms with Crippen LogP contribution in [0.4, 0.5) is 4.39 Å². The first kappa shape index (κ1) is 17.9. The van der Waals surface area contributed by atoms with E-state index in [0.29, 0.717) is 12.0 Å². The summed E-state index contributed by atoms with van der Waals surface area (Å²) in [5.41, 5.74) is 1.62. The molecule has 0 bridgehead atoms. The van der Waals surface area contributed by atoms with E-state index in [1.807, 2.05) is 24.3 Å². The van der Waals surface area contributed by atoms with Gasteiger partial charge in [-0.3, -0.25) is 9.59 Å². The van der Waals surface area contributed by atoms with Crippen molar-refractivity contribution in [3.05, 3.63) is 65.5 Å². The molecule has 1 aliphatic rings. The summed E-state index contributed by atoms with van der Waals surface area (Å²) in [7, 11) is 1.29. The van der Waals surface area contributed by atoms with Crippen molar-refractivity contribution in [1.82, 2.24) is 5.32 Å². The topological polar surface area (TPSA) is 64.6 Å². The minimum Gasteiger partial charge on any atom is -0.492 e. The molecule has 0 saturated carbocycles. The van der Waals surface area contributed by atoms with Crippen LogP contribution in [0.3, 0.4) is 0 Å². The third-order valence-corrected chi connectivity index (χ3v) is 4.44. The highest BCUT2D eigenvalue weighted by Crippen LogP contribution is 2.27. The van der Waals surface area contributed by atoms with Gasteiger partial charge in [0.25, 0.3) is 0 Å². The Morgan fingerprint density at radius 1 is 1.23 bits per heavy atom. The molecule has 0 aromatic heterocycles. The molecule has 3 rings (SSSR count). The molecule has 2 aromatic carbocycles. The Balaban J connectivity index is 1.73. The van der Waals surface area contributed by atoms with Crippen molar-refractivity contribution in [3.63, 3.8) is 0 Å². The van der Waals surface area contributed by atoms with Gasteiger partial charge in [-0.25, -0.2) is 4.39 Å². The number of ether oxygens (including phenoxy) is 2. The molecule has 0 aliphatic carbocycles. The first-order valence-corrected chi connectivity index (χ1v) is 8.40. The molecule has 1 heterocycles. The predicted octanol–water partition coefficient (Wildman–Crippen LogP) is 2.80. The quantitative estimate of drug-likeness (QED) is 0.836. The Morgan fingerprint density at radius 2 is 1.96 bits per heavy atom. The summed E-state index contributed by atoms with van der Waals surface area (Å²) in [5, 5.41) is 2.88. The van der Waals surface area contributed by atoms with Crippen LogP contribution in [0, 0.1) is 11.7 Å². The summed E-state index contributed by atoms with van der Waals surface area (Å²) in [5.74, 6) is -0.608. The first-order chi connectivity index (χ1) is 12.6. The number of rotatable bonds is 5. The molecule has 1 N–H and O–H groups in total. The van der Waals surface area contributed by atoms with E-state index in [0.717, 1.165) is 11.3 Å². The van der Waals surface area contributed by atoms with Crippen LogP contribution in [0.2, 0.25) is 0 Å². The van der Waals surface area contributed by atoms with E-state index in [9.17, 15) is 14.0 Å². The van der Waals surface area contributed by atoms with Crippen LogP contribution in [-0.4, -0.2) is 25.6 Å². The Hall–Kier alpha value is -2.89. The molecule has 2 atom stereocenters. The van der Waals surface area contributed by atoms with Gasteiger partial charge < -0.3 is 14.8 Å². The fraction of sp³-hybridized carbons (Fsp3) is 0.300. The molecule has 2 aromatic rings. The second kappa shape index (κ2) is 7.99. The molecule has 0 fully saturated rings. The van der Waals surface area contributed by atoms with Crippen LogP contribution >= 0.6 is 0 Å².